The molecule has 0 atom stereocenters. The highest BCUT2D eigenvalue weighted by Gasteiger charge is 2.04. The summed E-state index contributed by atoms with van der Waals surface area (Å²) in [7, 11) is 1.83. The van der Waals surface area contributed by atoms with Gasteiger partial charge in [0.1, 0.15) is 11.6 Å². The molecule has 0 fully saturated rings. The number of nitrogens with zero attached hydrogens (tertiary/aromatic N) is 1. The van der Waals surface area contributed by atoms with Crippen molar-refractivity contribution in [3.05, 3.63) is 47.7 Å². The average molecular weight is 269 g/mol. The summed E-state index contributed by atoms with van der Waals surface area (Å²) in [5, 5.41) is 4.29. The van der Waals surface area contributed by atoms with Crippen LogP contribution in [-0.4, -0.2) is 24.5 Å². The number of hydrogen-bond acceptors (Lipinski definition) is 3. The monoisotopic (exact) mass is 269 g/mol. The Morgan fingerprint density at radius 1 is 1.42 bits per heavy atom. The molecule has 0 saturated carbocycles. The second kappa shape index (κ2) is 7.48. The molecule has 2 N–H and O–H groups in total. The number of nitrogens with one attached hydrogen (secondary N) is 2. The zero-order valence-corrected chi connectivity index (χ0v) is 10.9. The summed E-state index contributed by atoms with van der Waals surface area (Å²) in [4.78, 5) is 11.4. The van der Waals surface area contributed by atoms with E-state index in [1.807, 2.05) is 14.0 Å². The van der Waals surface area contributed by atoms with Gasteiger partial charge in [0.15, 0.2) is 0 Å². The van der Waals surface area contributed by atoms with E-state index in [9.17, 15) is 13.6 Å². The summed E-state index contributed by atoms with van der Waals surface area (Å²) in [6.45, 7) is 2.75. The van der Waals surface area contributed by atoms with Crippen LogP contribution in [0.25, 0.3) is 0 Å². The van der Waals surface area contributed by atoms with Crippen LogP contribution in [0.3, 0.4) is 0 Å². The van der Waals surface area contributed by atoms with Crippen LogP contribution in [0.2, 0.25) is 0 Å². The van der Waals surface area contributed by atoms with Crippen LogP contribution < -0.4 is 10.7 Å². The molecule has 104 valence electrons. The van der Waals surface area contributed by atoms with Crippen molar-refractivity contribution in [2.75, 3.05) is 13.6 Å². The zero-order chi connectivity index (χ0) is 14.3. The third-order valence-electron chi connectivity index (χ3n) is 2.47. The van der Waals surface area contributed by atoms with Crippen molar-refractivity contribution in [2.24, 2.45) is 0 Å². The number of amides is 1. The number of rotatable bonds is 6. The van der Waals surface area contributed by atoms with E-state index in [2.05, 4.69) is 10.7 Å². The summed E-state index contributed by atoms with van der Waals surface area (Å²) in [6, 6.07) is 3.24. The summed E-state index contributed by atoms with van der Waals surface area (Å²) in [6.07, 6.45) is 2.79. The first-order valence-corrected chi connectivity index (χ1v) is 5.88. The second-order valence-electron chi connectivity index (χ2n) is 3.93. The fourth-order valence-electron chi connectivity index (χ4n) is 1.24. The Morgan fingerprint density at radius 3 is 2.79 bits per heavy atom. The van der Waals surface area contributed by atoms with Crippen LogP contribution in [0.4, 0.5) is 8.78 Å². The molecule has 0 aromatic heterocycles. The summed E-state index contributed by atoms with van der Waals surface area (Å²) < 4.78 is 25.9. The highest BCUT2D eigenvalue weighted by molar-refractivity contribution is 5.87. The van der Waals surface area contributed by atoms with E-state index >= 15 is 0 Å². The van der Waals surface area contributed by atoms with E-state index in [4.69, 9.17) is 0 Å². The maximum absolute atomic E-state index is 13.3. The smallest absolute Gasteiger partial charge is 0.245 e. The van der Waals surface area contributed by atoms with E-state index in [0.717, 1.165) is 18.7 Å². The Hall–Kier alpha value is -1.95. The van der Waals surface area contributed by atoms with Crippen molar-refractivity contribution in [3.63, 3.8) is 0 Å². The van der Waals surface area contributed by atoms with E-state index in [0.29, 0.717) is 0 Å². The lowest BCUT2D eigenvalue weighted by atomic mass is 10.2. The molecule has 0 aliphatic rings. The van der Waals surface area contributed by atoms with Crippen molar-refractivity contribution in [3.8, 4) is 0 Å². The molecule has 0 unspecified atom stereocenters. The maximum atomic E-state index is 13.3. The van der Waals surface area contributed by atoms with Gasteiger partial charge in [-0.1, -0.05) is 13.0 Å². The molecule has 0 saturated heterocycles. The summed E-state index contributed by atoms with van der Waals surface area (Å²) in [5.41, 5.74) is 3.09. The van der Waals surface area contributed by atoms with Gasteiger partial charge in [-0.05, 0) is 6.07 Å². The lowest BCUT2D eigenvalue weighted by Crippen LogP contribution is -2.30. The van der Waals surface area contributed by atoms with Crippen molar-refractivity contribution < 1.29 is 13.6 Å². The SMILES string of the molecule is CCN(C)N/C=C/C(=O)NCc1ccc(F)cc1F. The van der Waals surface area contributed by atoms with Crippen LogP contribution >= 0.6 is 0 Å². The minimum atomic E-state index is -0.673. The van der Waals surface area contributed by atoms with Crippen LogP contribution in [0.1, 0.15) is 12.5 Å². The molecule has 0 bridgehead atoms. The van der Waals surface area contributed by atoms with Crippen LogP contribution in [-0.2, 0) is 11.3 Å². The van der Waals surface area contributed by atoms with Gasteiger partial charge in [-0.25, -0.2) is 13.8 Å². The Kier molecular flexibility index (Phi) is 5.95. The fourth-order valence-corrected chi connectivity index (χ4v) is 1.24. The minimum absolute atomic E-state index is 0.0128. The van der Waals surface area contributed by atoms with E-state index in [1.54, 1.807) is 5.01 Å². The van der Waals surface area contributed by atoms with E-state index in [1.165, 1.54) is 18.3 Å². The van der Waals surface area contributed by atoms with E-state index < -0.39 is 11.6 Å². The Balaban J connectivity index is 2.41. The number of carbonyl (C=O) groups is 1. The van der Waals surface area contributed by atoms with Gasteiger partial charge in [0, 0.05) is 44.0 Å². The van der Waals surface area contributed by atoms with Gasteiger partial charge in [-0.2, -0.15) is 0 Å². The van der Waals surface area contributed by atoms with Crippen molar-refractivity contribution in [2.45, 2.75) is 13.5 Å². The average Bonchev–Trinajstić information content (AvgIpc) is 2.37. The Morgan fingerprint density at radius 2 is 2.16 bits per heavy atom. The fraction of sp³-hybridized carbons (Fsp3) is 0.308. The van der Waals surface area contributed by atoms with Crippen LogP contribution in [0, 0.1) is 11.6 Å². The molecule has 19 heavy (non-hydrogen) atoms. The maximum Gasteiger partial charge on any atom is 0.245 e. The second-order valence-corrected chi connectivity index (χ2v) is 3.93. The molecule has 4 nitrogen and oxygen atoms in total. The molecule has 1 aromatic carbocycles. The molecule has 0 heterocycles. The number of carbonyl (C=O) groups excluding carboxylic acids is 1. The van der Waals surface area contributed by atoms with Gasteiger partial charge in [0.25, 0.3) is 0 Å². The first-order valence-electron chi connectivity index (χ1n) is 5.88. The molecule has 0 aliphatic carbocycles. The molecule has 1 aromatic rings. The van der Waals surface area contributed by atoms with Crippen molar-refractivity contribution in [1.82, 2.24) is 15.8 Å². The third kappa shape index (κ3) is 5.48. The standard InChI is InChI=1S/C13H17F2N3O/c1-3-18(2)17-7-6-13(19)16-9-10-4-5-11(14)8-12(10)15/h4-8,17H,3,9H2,1-2H3,(H,16,19)/b7-6+. The third-order valence-corrected chi connectivity index (χ3v) is 2.47. The van der Waals surface area contributed by atoms with E-state index in [-0.39, 0.29) is 18.0 Å². The van der Waals surface area contributed by atoms with Crippen molar-refractivity contribution in [1.29, 1.82) is 0 Å². The first kappa shape index (κ1) is 15.1. The topological polar surface area (TPSA) is 44.4 Å². The molecular weight excluding hydrogens is 252 g/mol. The van der Waals surface area contributed by atoms with Gasteiger partial charge < -0.3 is 10.7 Å². The summed E-state index contributed by atoms with van der Waals surface area (Å²) >= 11 is 0. The van der Waals surface area contributed by atoms with Crippen LogP contribution in [0.5, 0.6) is 0 Å². The van der Waals surface area contributed by atoms with Gasteiger partial charge in [0.05, 0.1) is 0 Å². The zero-order valence-electron chi connectivity index (χ0n) is 10.9. The highest BCUT2D eigenvalue weighted by atomic mass is 19.1. The number of halogens is 2. The summed E-state index contributed by atoms with van der Waals surface area (Å²) in [5.74, 6) is -1.67. The number of benzene rings is 1. The van der Waals surface area contributed by atoms with Crippen LogP contribution in [0.15, 0.2) is 30.5 Å². The molecule has 0 spiro atoms. The minimum Gasteiger partial charge on any atom is -0.348 e. The molecule has 1 rings (SSSR count). The molecule has 0 radical (unpaired) electrons. The molecule has 6 heteroatoms. The van der Waals surface area contributed by atoms with Gasteiger partial charge >= 0.3 is 0 Å². The predicted octanol–water partition coefficient (Wildman–Crippen LogP) is 1.55. The Bertz CT molecular complexity index is 463. The van der Waals surface area contributed by atoms with Gasteiger partial charge in [-0.3, -0.25) is 4.79 Å². The molecule has 1 amide bonds. The first-order chi connectivity index (χ1) is 9.02. The number of hydrazine groups is 1. The Labute approximate surface area is 111 Å². The van der Waals surface area contributed by atoms with Crippen molar-refractivity contribution >= 4 is 5.91 Å². The molecule has 0 aliphatic heterocycles. The largest absolute Gasteiger partial charge is 0.348 e. The van der Waals surface area contributed by atoms with Gasteiger partial charge in [0.2, 0.25) is 5.91 Å². The van der Waals surface area contributed by atoms with Gasteiger partial charge in [-0.15, -0.1) is 0 Å². The molecular formula is C13H17F2N3O. The highest BCUT2D eigenvalue weighted by Crippen LogP contribution is 2.08. The number of hydrogen-bond donors (Lipinski definition) is 2. The predicted molar refractivity (Wildman–Crippen MR) is 68.8 cm³/mol. The lowest BCUT2D eigenvalue weighted by molar-refractivity contribution is -0.116. The quantitative estimate of drug-likeness (QED) is 0.608. The lowest BCUT2D eigenvalue weighted by Gasteiger charge is -2.12. The normalized spacial score (nSPS) is 11.0.